The van der Waals surface area contributed by atoms with Crippen LogP contribution in [-0.2, 0) is 6.54 Å². The van der Waals surface area contributed by atoms with Gasteiger partial charge in [-0.1, -0.05) is 15.9 Å². The molecule has 0 aliphatic carbocycles. The van der Waals surface area contributed by atoms with Gasteiger partial charge in [0.1, 0.15) is 5.82 Å². The van der Waals surface area contributed by atoms with Gasteiger partial charge in [-0.05, 0) is 43.3 Å². The third-order valence-electron chi connectivity index (χ3n) is 2.99. The van der Waals surface area contributed by atoms with Gasteiger partial charge >= 0.3 is 0 Å². The van der Waals surface area contributed by atoms with E-state index >= 15 is 0 Å². The van der Waals surface area contributed by atoms with Gasteiger partial charge in [0.05, 0.1) is 13.7 Å². The molecule has 0 aliphatic rings. The Kier molecular flexibility index (Phi) is 5.44. The molecule has 21 heavy (non-hydrogen) atoms. The Balaban J connectivity index is 2.23. The number of anilines is 1. The zero-order valence-electron chi connectivity index (χ0n) is 12.0. The number of rotatable bonds is 6. The highest BCUT2D eigenvalue weighted by Gasteiger charge is 2.14. The Labute approximate surface area is 132 Å². The first-order valence-corrected chi connectivity index (χ1v) is 7.42. The van der Waals surface area contributed by atoms with Crippen molar-refractivity contribution < 1.29 is 13.9 Å². The standard InChI is InChI=1S/C16H17BrFNO2/c1-3-21-16-13(14(17)8-9-15(16)20-2)10-19-12-6-4-11(18)5-7-12/h4-9,19H,3,10H2,1-2H3. The van der Waals surface area contributed by atoms with Crippen molar-refractivity contribution in [1.29, 1.82) is 0 Å². The van der Waals surface area contributed by atoms with Gasteiger partial charge in [-0.3, -0.25) is 0 Å². The number of hydrogen-bond donors (Lipinski definition) is 1. The number of benzene rings is 2. The van der Waals surface area contributed by atoms with Gasteiger partial charge in [-0.25, -0.2) is 4.39 Å². The normalized spacial score (nSPS) is 10.3. The zero-order chi connectivity index (χ0) is 15.2. The van der Waals surface area contributed by atoms with Crippen molar-refractivity contribution in [3.05, 3.63) is 52.3 Å². The lowest BCUT2D eigenvalue weighted by atomic mass is 10.1. The van der Waals surface area contributed by atoms with Gasteiger partial charge < -0.3 is 14.8 Å². The lowest BCUT2D eigenvalue weighted by molar-refractivity contribution is 0.307. The molecule has 0 fully saturated rings. The first kappa shape index (κ1) is 15.6. The van der Waals surface area contributed by atoms with E-state index in [2.05, 4.69) is 21.2 Å². The summed E-state index contributed by atoms with van der Waals surface area (Å²) in [7, 11) is 1.61. The monoisotopic (exact) mass is 353 g/mol. The van der Waals surface area contributed by atoms with Crippen LogP contribution in [0.15, 0.2) is 40.9 Å². The summed E-state index contributed by atoms with van der Waals surface area (Å²) in [6, 6.07) is 10.0. The van der Waals surface area contributed by atoms with Crippen molar-refractivity contribution in [1.82, 2.24) is 0 Å². The van der Waals surface area contributed by atoms with Crippen molar-refractivity contribution in [2.75, 3.05) is 19.0 Å². The molecule has 1 N–H and O–H groups in total. The Morgan fingerprint density at radius 1 is 1.14 bits per heavy atom. The van der Waals surface area contributed by atoms with E-state index in [4.69, 9.17) is 9.47 Å². The van der Waals surface area contributed by atoms with Crippen LogP contribution in [0.2, 0.25) is 0 Å². The van der Waals surface area contributed by atoms with Crippen molar-refractivity contribution in [3.63, 3.8) is 0 Å². The molecule has 2 aromatic rings. The van der Waals surface area contributed by atoms with E-state index in [0.717, 1.165) is 15.7 Å². The first-order valence-electron chi connectivity index (χ1n) is 6.63. The smallest absolute Gasteiger partial charge is 0.167 e. The molecule has 112 valence electrons. The predicted molar refractivity (Wildman–Crippen MR) is 85.6 cm³/mol. The van der Waals surface area contributed by atoms with Crippen molar-refractivity contribution in [2.24, 2.45) is 0 Å². The van der Waals surface area contributed by atoms with E-state index in [1.54, 1.807) is 19.2 Å². The highest BCUT2D eigenvalue weighted by atomic mass is 79.9. The zero-order valence-corrected chi connectivity index (χ0v) is 13.5. The van der Waals surface area contributed by atoms with E-state index in [-0.39, 0.29) is 5.82 Å². The Hall–Kier alpha value is -1.75. The number of ether oxygens (including phenoxy) is 2. The fourth-order valence-electron chi connectivity index (χ4n) is 1.97. The minimum Gasteiger partial charge on any atom is -0.493 e. The van der Waals surface area contributed by atoms with Crippen LogP contribution in [0.3, 0.4) is 0 Å². The van der Waals surface area contributed by atoms with Crippen LogP contribution in [0.4, 0.5) is 10.1 Å². The summed E-state index contributed by atoms with van der Waals surface area (Å²) in [5.41, 5.74) is 1.80. The lowest BCUT2D eigenvalue weighted by Gasteiger charge is -2.16. The molecule has 0 aliphatic heterocycles. The highest BCUT2D eigenvalue weighted by molar-refractivity contribution is 9.10. The summed E-state index contributed by atoms with van der Waals surface area (Å²) in [6.45, 7) is 3.02. The van der Waals surface area contributed by atoms with Crippen molar-refractivity contribution in [2.45, 2.75) is 13.5 Å². The van der Waals surface area contributed by atoms with E-state index in [0.29, 0.717) is 24.7 Å². The molecular weight excluding hydrogens is 337 g/mol. The van der Waals surface area contributed by atoms with E-state index in [1.165, 1.54) is 12.1 Å². The summed E-state index contributed by atoms with van der Waals surface area (Å²) in [5, 5.41) is 3.25. The summed E-state index contributed by atoms with van der Waals surface area (Å²) in [6.07, 6.45) is 0. The fourth-order valence-corrected chi connectivity index (χ4v) is 2.42. The molecule has 2 rings (SSSR count). The minimum absolute atomic E-state index is 0.252. The maximum atomic E-state index is 12.9. The third kappa shape index (κ3) is 3.88. The second-order valence-electron chi connectivity index (χ2n) is 4.35. The van der Waals surface area contributed by atoms with Crippen LogP contribution in [0, 0.1) is 5.82 Å². The second-order valence-corrected chi connectivity index (χ2v) is 5.21. The predicted octanol–water partition coefficient (Wildman–Crippen LogP) is 4.61. The third-order valence-corrected chi connectivity index (χ3v) is 3.73. The maximum absolute atomic E-state index is 12.9. The van der Waals surface area contributed by atoms with E-state index < -0.39 is 0 Å². The SMILES string of the molecule is CCOc1c(OC)ccc(Br)c1CNc1ccc(F)cc1. The first-order chi connectivity index (χ1) is 10.2. The molecule has 3 nitrogen and oxygen atoms in total. The quantitative estimate of drug-likeness (QED) is 0.822. The molecular formula is C16H17BrFNO2. The Morgan fingerprint density at radius 3 is 2.48 bits per heavy atom. The highest BCUT2D eigenvalue weighted by Crippen LogP contribution is 2.36. The van der Waals surface area contributed by atoms with E-state index in [1.807, 2.05) is 19.1 Å². The van der Waals surface area contributed by atoms with Gasteiger partial charge in [0.2, 0.25) is 0 Å². The summed E-state index contributed by atoms with van der Waals surface area (Å²) in [4.78, 5) is 0. The van der Waals surface area contributed by atoms with Crippen LogP contribution >= 0.6 is 15.9 Å². The molecule has 0 spiro atoms. The molecule has 0 saturated heterocycles. The molecule has 0 aromatic heterocycles. The Morgan fingerprint density at radius 2 is 1.86 bits per heavy atom. The molecule has 2 aromatic carbocycles. The van der Waals surface area contributed by atoms with Crippen molar-refractivity contribution in [3.8, 4) is 11.5 Å². The summed E-state index contributed by atoms with van der Waals surface area (Å²) < 4.78 is 24.9. The lowest BCUT2D eigenvalue weighted by Crippen LogP contribution is -2.05. The van der Waals surface area contributed by atoms with Crippen LogP contribution in [0.25, 0.3) is 0 Å². The molecule has 0 amide bonds. The number of nitrogens with one attached hydrogen (secondary N) is 1. The maximum Gasteiger partial charge on any atom is 0.167 e. The summed E-state index contributed by atoms with van der Waals surface area (Å²) >= 11 is 3.53. The molecule has 0 atom stereocenters. The molecule has 0 saturated carbocycles. The van der Waals surface area contributed by atoms with Gasteiger partial charge in [-0.15, -0.1) is 0 Å². The van der Waals surface area contributed by atoms with Gasteiger partial charge in [0, 0.05) is 22.3 Å². The van der Waals surface area contributed by atoms with Gasteiger partial charge in [0.25, 0.3) is 0 Å². The number of halogens is 2. The average Bonchev–Trinajstić information content (AvgIpc) is 2.49. The van der Waals surface area contributed by atoms with E-state index in [9.17, 15) is 4.39 Å². The number of hydrogen-bond acceptors (Lipinski definition) is 3. The summed E-state index contributed by atoms with van der Waals surface area (Å²) in [5.74, 6) is 1.15. The molecule has 0 unspecified atom stereocenters. The van der Waals surface area contributed by atoms with Crippen LogP contribution in [0.1, 0.15) is 12.5 Å². The van der Waals surface area contributed by atoms with Crippen LogP contribution < -0.4 is 14.8 Å². The van der Waals surface area contributed by atoms with Gasteiger partial charge in [0.15, 0.2) is 11.5 Å². The van der Waals surface area contributed by atoms with Crippen molar-refractivity contribution >= 4 is 21.6 Å². The molecule has 5 heteroatoms. The molecule has 0 radical (unpaired) electrons. The number of methoxy groups -OCH3 is 1. The Bertz CT molecular complexity index is 602. The van der Waals surface area contributed by atoms with Crippen LogP contribution in [-0.4, -0.2) is 13.7 Å². The van der Waals surface area contributed by atoms with Gasteiger partial charge in [-0.2, -0.15) is 0 Å². The molecule has 0 heterocycles. The van der Waals surface area contributed by atoms with Crippen LogP contribution in [0.5, 0.6) is 11.5 Å². The largest absolute Gasteiger partial charge is 0.493 e. The fraction of sp³-hybridized carbons (Fsp3) is 0.250. The topological polar surface area (TPSA) is 30.5 Å². The minimum atomic E-state index is -0.252. The average molecular weight is 354 g/mol. The second kappa shape index (κ2) is 7.31. The molecule has 0 bridgehead atoms.